The third-order valence-electron chi connectivity index (χ3n) is 3.79. The first kappa shape index (κ1) is 17.6. The number of carbonyl (C=O) groups excluding carboxylic acids is 1. The Hall–Kier alpha value is -3.82. The maximum atomic E-state index is 13.3. The Bertz CT molecular complexity index is 1180. The molecule has 0 amide bonds. The van der Waals surface area contributed by atoms with Gasteiger partial charge < -0.3 is 4.74 Å². The first-order valence-corrected chi connectivity index (χ1v) is 7.95. The second kappa shape index (κ2) is 7.06. The van der Waals surface area contributed by atoms with Gasteiger partial charge in [0, 0.05) is 11.8 Å². The van der Waals surface area contributed by atoms with Crippen molar-refractivity contribution in [3.63, 3.8) is 0 Å². The molecular weight excluding hydrogens is 375 g/mol. The van der Waals surface area contributed by atoms with Crippen LogP contribution in [0.15, 0.2) is 49.2 Å². The molecule has 0 saturated carbocycles. The lowest BCUT2D eigenvalue weighted by Gasteiger charge is -2.09. The molecule has 4 aromatic rings. The SMILES string of the molecule is O=C(Cc1ccc(F)cn1)c1cc(Oc2cnc(F)c(F)c2)cn2ncnc12. The minimum atomic E-state index is -1.25. The number of carbonyl (C=O) groups is 1. The molecular formula is C18H10F3N5O2. The van der Waals surface area contributed by atoms with Crippen LogP contribution in [-0.2, 0) is 6.42 Å². The molecule has 0 N–H and O–H groups in total. The van der Waals surface area contributed by atoms with Gasteiger partial charge in [-0.3, -0.25) is 9.78 Å². The van der Waals surface area contributed by atoms with E-state index in [1.54, 1.807) is 0 Å². The smallest absolute Gasteiger partial charge is 0.249 e. The number of hydrogen-bond donors (Lipinski definition) is 0. The molecule has 0 aliphatic heterocycles. The standard InChI is InChI=1S/C18H10F3N5O2/c19-10-1-2-11(22-6-10)3-16(27)14-4-13(8-26-18(14)24-9-25-26)28-12-5-15(20)17(21)23-7-12/h1-2,4-9H,3H2. The third-order valence-corrected chi connectivity index (χ3v) is 3.79. The lowest BCUT2D eigenvalue weighted by molar-refractivity contribution is 0.0992. The van der Waals surface area contributed by atoms with Crippen LogP contribution in [0.5, 0.6) is 11.5 Å². The number of pyridine rings is 3. The average molecular weight is 385 g/mol. The summed E-state index contributed by atoms with van der Waals surface area (Å²) >= 11 is 0. The fourth-order valence-electron chi connectivity index (χ4n) is 2.53. The van der Waals surface area contributed by atoms with E-state index >= 15 is 0 Å². The van der Waals surface area contributed by atoms with Gasteiger partial charge in [0.15, 0.2) is 17.2 Å². The Kier molecular flexibility index (Phi) is 4.44. The van der Waals surface area contributed by atoms with E-state index < -0.39 is 17.6 Å². The maximum Gasteiger partial charge on any atom is 0.249 e. The van der Waals surface area contributed by atoms with Gasteiger partial charge in [0.25, 0.3) is 0 Å². The van der Waals surface area contributed by atoms with E-state index in [9.17, 15) is 18.0 Å². The van der Waals surface area contributed by atoms with Crippen molar-refractivity contribution in [1.82, 2.24) is 24.6 Å². The Morgan fingerprint density at radius 2 is 1.89 bits per heavy atom. The topological polar surface area (TPSA) is 82.3 Å². The zero-order valence-electron chi connectivity index (χ0n) is 14.0. The van der Waals surface area contributed by atoms with E-state index in [1.807, 2.05) is 0 Å². The largest absolute Gasteiger partial charge is 0.454 e. The van der Waals surface area contributed by atoms with E-state index in [2.05, 4.69) is 20.1 Å². The van der Waals surface area contributed by atoms with Crippen LogP contribution in [0, 0.1) is 17.6 Å². The number of nitrogens with zero attached hydrogens (tertiary/aromatic N) is 5. The van der Waals surface area contributed by atoms with Gasteiger partial charge in [-0.15, -0.1) is 0 Å². The molecule has 0 atom stereocenters. The second-order valence-electron chi connectivity index (χ2n) is 5.73. The molecule has 0 spiro atoms. The Balaban J connectivity index is 1.67. The molecule has 0 aliphatic carbocycles. The van der Waals surface area contributed by atoms with E-state index in [-0.39, 0.29) is 34.9 Å². The fraction of sp³-hybridized carbons (Fsp3) is 0.0556. The van der Waals surface area contributed by atoms with E-state index in [0.29, 0.717) is 5.69 Å². The van der Waals surface area contributed by atoms with E-state index in [4.69, 9.17) is 4.74 Å². The molecule has 4 heterocycles. The highest BCUT2D eigenvalue weighted by Gasteiger charge is 2.17. The summed E-state index contributed by atoms with van der Waals surface area (Å²) in [5, 5.41) is 3.97. The number of rotatable bonds is 5. The lowest BCUT2D eigenvalue weighted by Crippen LogP contribution is -2.08. The second-order valence-corrected chi connectivity index (χ2v) is 5.73. The number of aromatic nitrogens is 5. The van der Waals surface area contributed by atoms with Gasteiger partial charge >= 0.3 is 0 Å². The molecule has 10 heteroatoms. The Morgan fingerprint density at radius 1 is 1.04 bits per heavy atom. The van der Waals surface area contributed by atoms with Crippen molar-refractivity contribution in [2.75, 3.05) is 0 Å². The minimum Gasteiger partial charge on any atom is -0.454 e. The molecule has 0 radical (unpaired) electrons. The highest BCUT2D eigenvalue weighted by Crippen LogP contribution is 2.25. The van der Waals surface area contributed by atoms with Crippen LogP contribution in [-0.4, -0.2) is 30.3 Å². The van der Waals surface area contributed by atoms with Crippen LogP contribution < -0.4 is 4.74 Å². The first-order valence-electron chi connectivity index (χ1n) is 7.95. The van der Waals surface area contributed by atoms with Crippen molar-refractivity contribution in [2.24, 2.45) is 0 Å². The number of hydrogen-bond acceptors (Lipinski definition) is 6. The summed E-state index contributed by atoms with van der Waals surface area (Å²) in [4.78, 5) is 23.9. The molecule has 0 aromatic carbocycles. The average Bonchev–Trinajstić information content (AvgIpc) is 3.14. The highest BCUT2D eigenvalue weighted by atomic mass is 19.2. The van der Waals surface area contributed by atoms with Gasteiger partial charge in [0.05, 0.1) is 30.6 Å². The summed E-state index contributed by atoms with van der Waals surface area (Å²) in [6, 6.07) is 4.84. The van der Waals surface area contributed by atoms with Crippen molar-refractivity contribution in [3.05, 3.63) is 78.0 Å². The van der Waals surface area contributed by atoms with Gasteiger partial charge in [-0.1, -0.05) is 0 Å². The van der Waals surface area contributed by atoms with Crippen molar-refractivity contribution < 1.29 is 22.7 Å². The van der Waals surface area contributed by atoms with Crippen molar-refractivity contribution in [2.45, 2.75) is 6.42 Å². The van der Waals surface area contributed by atoms with Gasteiger partial charge in [-0.2, -0.15) is 9.49 Å². The maximum absolute atomic E-state index is 13.3. The summed E-state index contributed by atoms with van der Waals surface area (Å²) in [5.41, 5.74) is 0.833. The van der Waals surface area contributed by atoms with Crippen molar-refractivity contribution in [1.29, 1.82) is 0 Å². The summed E-state index contributed by atoms with van der Waals surface area (Å²) in [5.74, 6) is -3.20. The number of Topliss-reactive ketones (excluding diaryl/α,β-unsaturated/α-hetero) is 1. The number of fused-ring (bicyclic) bond motifs is 1. The van der Waals surface area contributed by atoms with Crippen LogP contribution >= 0.6 is 0 Å². The normalized spacial score (nSPS) is 11.0. The van der Waals surface area contributed by atoms with Crippen molar-refractivity contribution in [3.8, 4) is 11.5 Å². The molecule has 0 unspecified atom stereocenters. The predicted octanol–water partition coefficient (Wildman–Crippen LogP) is 3.15. The highest BCUT2D eigenvalue weighted by molar-refractivity contribution is 6.02. The van der Waals surface area contributed by atoms with E-state index in [1.165, 1.54) is 35.2 Å². The van der Waals surface area contributed by atoms with Gasteiger partial charge in [-0.25, -0.2) is 23.3 Å². The Labute approximate surface area is 155 Å². The number of ether oxygens (including phenoxy) is 1. The summed E-state index contributed by atoms with van der Waals surface area (Å²) < 4.78 is 46.1. The molecule has 28 heavy (non-hydrogen) atoms. The Morgan fingerprint density at radius 3 is 2.64 bits per heavy atom. The fourth-order valence-corrected chi connectivity index (χ4v) is 2.53. The van der Waals surface area contributed by atoms with Crippen LogP contribution in [0.2, 0.25) is 0 Å². The minimum absolute atomic E-state index is 0.0584. The van der Waals surface area contributed by atoms with E-state index in [0.717, 1.165) is 18.5 Å². The molecule has 4 rings (SSSR count). The molecule has 0 fully saturated rings. The predicted molar refractivity (Wildman–Crippen MR) is 89.4 cm³/mol. The molecule has 7 nitrogen and oxygen atoms in total. The summed E-state index contributed by atoms with van der Waals surface area (Å²) in [6.45, 7) is 0. The third kappa shape index (κ3) is 3.52. The molecule has 4 aromatic heterocycles. The summed E-state index contributed by atoms with van der Waals surface area (Å²) in [7, 11) is 0. The quantitative estimate of drug-likeness (QED) is 0.388. The zero-order valence-corrected chi connectivity index (χ0v) is 14.0. The van der Waals surface area contributed by atoms with Gasteiger partial charge in [0.2, 0.25) is 5.95 Å². The number of ketones is 1. The van der Waals surface area contributed by atoms with Crippen LogP contribution in [0.1, 0.15) is 16.1 Å². The van der Waals surface area contributed by atoms with Gasteiger partial charge in [-0.05, 0) is 18.2 Å². The van der Waals surface area contributed by atoms with Crippen molar-refractivity contribution >= 4 is 11.4 Å². The molecule has 0 aliphatic rings. The molecule has 0 bridgehead atoms. The summed E-state index contributed by atoms with van der Waals surface area (Å²) in [6.07, 6.45) is 4.61. The van der Waals surface area contributed by atoms with Gasteiger partial charge in [0.1, 0.15) is 23.6 Å². The first-order chi connectivity index (χ1) is 13.5. The van der Waals surface area contributed by atoms with Crippen LogP contribution in [0.4, 0.5) is 13.2 Å². The van der Waals surface area contributed by atoms with Crippen LogP contribution in [0.3, 0.4) is 0 Å². The number of halogens is 3. The molecule has 0 saturated heterocycles. The molecule has 140 valence electrons. The van der Waals surface area contributed by atoms with Crippen LogP contribution in [0.25, 0.3) is 5.65 Å². The lowest BCUT2D eigenvalue weighted by atomic mass is 10.1. The zero-order chi connectivity index (χ0) is 19.7. The monoisotopic (exact) mass is 385 g/mol.